The van der Waals surface area contributed by atoms with Gasteiger partial charge in [0.1, 0.15) is 12.4 Å². The van der Waals surface area contributed by atoms with Crippen molar-refractivity contribution in [3.05, 3.63) is 68.5 Å². The molecule has 1 heterocycles. The van der Waals surface area contributed by atoms with Crippen LogP contribution in [0.5, 0.6) is 5.75 Å². The number of nitrogens with zero attached hydrogens (tertiary/aromatic N) is 2. The van der Waals surface area contributed by atoms with E-state index in [0.29, 0.717) is 21.6 Å². The van der Waals surface area contributed by atoms with Gasteiger partial charge in [-0.15, -0.1) is 0 Å². The number of carbonyl (C=O) groups excluding carboxylic acids is 1. The number of rotatable bonds is 6. The summed E-state index contributed by atoms with van der Waals surface area (Å²) in [5.74, 6) is 0.730. The normalized spacial score (nSPS) is 17.1. The number of benzene rings is 2. The second-order valence-electron chi connectivity index (χ2n) is 7.49. The molecule has 2 aromatic carbocycles. The number of amidine groups is 1. The van der Waals surface area contributed by atoms with Gasteiger partial charge in [-0.05, 0) is 80.9 Å². The Morgan fingerprint density at radius 1 is 1.07 bits per heavy atom. The first-order valence-electron chi connectivity index (χ1n) is 9.72. The first kappa shape index (κ1) is 22.7. The minimum Gasteiger partial charge on any atom is -0.489 e. The molecule has 1 aliphatic heterocycles. The summed E-state index contributed by atoms with van der Waals surface area (Å²) in [6.45, 7) is 8.41. The summed E-state index contributed by atoms with van der Waals surface area (Å²) in [5, 5.41) is 1.79. The highest BCUT2D eigenvalue weighted by Crippen LogP contribution is 2.34. The Balaban J connectivity index is 1.70. The molecule has 1 aliphatic rings. The van der Waals surface area contributed by atoms with E-state index in [1.807, 2.05) is 64.1 Å². The third kappa shape index (κ3) is 5.60. The third-order valence-electron chi connectivity index (χ3n) is 4.29. The second kappa shape index (κ2) is 9.90. The Morgan fingerprint density at radius 3 is 2.37 bits per heavy atom. The van der Waals surface area contributed by atoms with Gasteiger partial charge in [-0.25, -0.2) is 0 Å². The summed E-state index contributed by atoms with van der Waals surface area (Å²) in [4.78, 5) is 19.9. The monoisotopic (exact) mass is 462 g/mol. The van der Waals surface area contributed by atoms with Crippen LogP contribution in [0.25, 0.3) is 6.08 Å². The van der Waals surface area contributed by atoms with Crippen LogP contribution in [0, 0.1) is 0 Å². The van der Waals surface area contributed by atoms with Gasteiger partial charge in [-0.2, -0.15) is 0 Å². The summed E-state index contributed by atoms with van der Waals surface area (Å²) in [6.07, 6.45) is 1.90. The van der Waals surface area contributed by atoms with Gasteiger partial charge in [-0.1, -0.05) is 41.4 Å². The van der Waals surface area contributed by atoms with E-state index in [-0.39, 0.29) is 18.0 Å². The smallest absolute Gasteiger partial charge is 0.266 e. The van der Waals surface area contributed by atoms with Crippen molar-refractivity contribution in [2.24, 2.45) is 4.99 Å². The summed E-state index contributed by atoms with van der Waals surface area (Å²) >= 11 is 13.4. The maximum Gasteiger partial charge on any atom is 0.266 e. The second-order valence-corrected chi connectivity index (χ2v) is 9.31. The van der Waals surface area contributed by atoms with E-state index in [9.17, 15) is 4.79 Å². The standard InChI is InChI=1S/C23H24Cl2N2O2S/c1-14(2)26-23-27(15(3)4)22(28)21(30-23)12-16-5-8-18(9-6-16)29-13-17-7-10-19(24)20(25)11-17/h5-12,14-15H,13H2,1-4H3/b21-12+,26-23?. The lowest BCUT2D eigenvalue weighted by Gasteiger charge is -2.20. The molecule has 1 saturated heterocycles. The zero-order valence-corrected chi connectivity index (χ0v) is 19.7. The van der Waals surface area contributed by atoms with Crippen molar-refractivity contribution in [1.29, 1.82) is 0 Å². The fourth-order valence-electron chi connectivity index (χ4n) is 2.86. The molecule has 30 heavy (non-hydrogen) atoms. The van der Waals surface area contributed by atoms with E-state index in [2.05, 4.69) is 4.99 Å². The lowest BCUT2D eigenvalue weighted by atomic mass is 10.2. The molecule has 0 unspecified atom stereocenters. The highest BCUT2D eigenvalue weighted by atomic mass is 35.5. The maximum absolute atomic E-state index is 12.8. The van der Waals surface area contributed by atoms with E-state index in [1.165, 1.54) is 11.8 Å². The number of thioether (sulfide) groups is 1. The highest BCUT2D eigenvalue weighted by Gasteiger charge is 2.35. The molecule has 7 heteroatoms. The zero-order valence-electron chi connectivity index (χ0n) is 17.4. The molecule has 1 amide bonds. The quantitative estimate of drug-likeness (QED) is 0.450. The zero-order chi connectivity index (χ0) is 21.8. The topological polar surface area (TPSA) is 41.9 Å². The van der Waals surface area contributed by atoms with Gasteiger partial charge in [-0.3, -0.25) is 14.7 Å². The van der Waals surface area contributed by atoms with Crippen LogP contribution < -0.4 is 4.74 Å². The molecule has 1 fully saturated rings. The molecular formula is C23H24Cl2N2O2S. The van der Waals surface area contributed by atoms with Crippen LogP contribution in [0.15, 0.2) is 52.4 Å². The first-order chi connectivity index (χ1) is 14.2. The molecular weight excluding hydrogens is 439 g/mol. The van der Waals surface area contributed by atoms with Crippen LogP contribution in [0.3, 0.4) is 0 Å². The van der Waals surface area contributed by atoms with Gasteiger partial charge in [0.05, 0.1) is 15.0 Å². The molecule has 0 spiro atoms. The van der Waals surface area contributed by atoms with Gasteiger partial charge >= 0.3 is 0 Å². The molecule has 0 radical (unpaired) electrons. The fourth-order valence-corrected chi connectivity index (χ4v) is 4.41. The van der Waals surface area contributed by atoms with Crippen molar-refractivity contribution in [1.82, 2.24) is 4.90 Å². The summed E-state index contributed by atoms with van der Waals surface area (Å²) in [6, 6.07) is 13.3. The molecule has 0 saturated carbocycles. The Kier molecular flexibility index (Phi) is 7.50. The Hall–Kier alpha value is -1.95. The largest absolute Gasteiger partial charge is 0.489 e. The number of hydrogen-bond acceptors (Lipinski definition) is 4. The molecule has 0 aromatic heterocycles. The van der Waals surface area contributed by atoms with Crippen molar-refractivity contribution in [2.75, 3.05) is 0 Å². The van der Waals surface area contributed by atoms with Gasteiger partial charge in [0, 0.05) is 12.1 Å². The third-order valence-corrected chi connectivity index (χ3v) is 6.03. The molecule has 0 atom stereocenters. The van der Waals surface area contributed by atoms with Gasteiger partial charge in [0.25, 0.3) is 5.91 Å². The van der Waals surface area contributed by atoms with Crippen molar-refractivity contribution in [3.8, 4) is 5.75 Å². The Bertz CT molecular complexity index is 985. The number of carbonyl (C=O) groups is 1. The average Bonchev–Trinajstić information content (AvgIpc) is 2.98. The summed E-state index contributed by atoms with van der Waals surface area (Å²) in [5.41, 5.74) is 1.87. The number of ether oxygens (including phenoxy) is 1. The predicted molar refractivity (Wildman–Crippen MR) is 127 cm³/mol. The van der Waals surface area contributed by atoms with Gasteiger partial charge in [0.15, 0.2) is 5.17 Å². The van der Waals surface area contributed by atoms with Crippen LogP contribution in [-0.4, -0.2) is 28.1 Å². The molecule has 0 N–H and O–H groups in total. The predicted octanol–water partition coefficient (Wildman–Crippen LogP) is 6.66. The molecule has 0 aliphatic carbocycles. The maximum atomic E-state index is 12.8. The van der Waals surface area contributed by atoms with Crippen LogP contribution in [-0.2, 0) is 11.4 Å². The van der Waals surface area contributed by atoms with Crippen LogP contribution >= 0.6 is 35.0 Å². The van der Waals surface area contributed by atoms with Crippen molar-refractivity contribution in [2.45, 2.75) is 46.4 Å². The molecule has 3 rings (SSSR count). The van der Waals surface area contributed by atoms with Crippen molar-refractivity contribution >= 4 is 52.1 Å². The van der Waals surface area contributed by atoms with Gasteiger partial charge in [0.2, 0.25) is 0 Å². The number of hydrogen-bond donors (Lipinski definition) is 0. The summed E-state index contributed by atoms with van der Waals surface area (Å²) < 4.78 is 5.82. The van der Waals surface area contributed by atoms with Crippen molar-refractivity contribution in [3.63, 3.8) is 0 Å². The van der Waals surface area contributed by atoms with E-state index >= 15 is 0 Å². The van der Waals surface area contributed by atoms with E-state index in [0.717, 1.165) is 22.0 Å². The van der Waals surface area contributed by atoms with E-state index in [1.54, 1.807) is 17.0 Å². The number of amides is 1. The number of halogens is 2. The SMILES string of the molecule is CC(C)N=C1S/C(=C/c2ccc(OCc3ccc(Cl)c(Cl)c3)cc2)C(=O)N1C(C)C. The molecule has 4 nitrogen and oxygen atoms in total. The molecule has 0 bridgehead atoms. The summed E-state index contributed by atoms with van der Waals surface area (Å²) in [7, 11) is 0. The lowest BCUT2D eigenvalue weighted by Crippen LogP contribution is -2.35. The first-order valence-corrected chi connectivity index (χ1v) is 11.3. The molecule has 158 valence electrons. The van der Waals surface area contributed by atoms with Crippen molar-refractivity contribution < 1.29 is 9.53 Å². The molecule has 2 aromatic rings. The van der Waals surface area contributed by atoms with Crippen LogP contribution in [0.2, 0.25) is 10.0 Å². The van der Waals surface area contributed by atoms with Crippen LogP contribution in [0.4, 0.5) is 0 Å². The van der Waals surface area contributed by atoms with E-state index in [4.69, 9.17) is 27.9 Å². The minimum absolute atomic E-state index is 0.00524. The minimum atomic E-state index is -0.00524. The Morgan fingerprint density at radius 2 is 1.77 bits per heavy atom. The number of aliphatic imine (C=N–C) groups is 1. The fraction of sp³-hybridized carbons (Fsp3) is 0.304. The average molecular weight is 463 g/mol. The van der Waals surface area contributed by atoms with Crippen LogP contribution in [0.1, 0.15) is 38.8 Å². The Labute approximate surface area is 191 Å². The highest BCUT2D eigenvalue weighted by molar-refractivity contribution is 8.18. The van der Waals surface area contributed by atoms with E-state index < -0.39 is 0 Å². The van der Waals surface area contributed by atoms with Gasteiger partial charge < -0.3 is 4.74 Å². The lowest BCUT2D eigenvalue weighted by molar-refractivity contribution is -0.123.